The van der Waals surface area contributed by atoms with E-state index in [0.717, 1.165) is 44.6 Å². The molecule has 2 fully saturated rings. The number of piperazine rings is 1. The summed E-state index contributed by atoms with van der Waals surface area (Å²) in [6.45, 7) is 11.9. The molecule has 6 nitrogen and oxygen atoms in total. The van der Waals surface area contributed by atoms with Gasteiger partial charge in [0.25, 0.3) is 0 Å². The van der Waals surface area contributed by atoms with Crippen LogP contribution in [-0.2, 0) is 9.59 Å². The molecule has 1 heterocycles. The van der Waals surface area contributed by atoms with Crippen LogP contribution in [-0.4, -0.2) is 66.4 Å². The average molecular weight is 387 g/mol. The summed E-state index contributed by atoms with van der Waals surface area (Å²) in [6.07, 6.45) is 2.23. The van der Waals surface area contributed by atoms with Crippen LogP contribution in [0, 0.1) is 13.8 Å². The van der Waals surface area contributed by atoms with E-state index in [2.05, 4.69) is 52.5 Å². The maximum absolute atomic E-state index is 12.5. The number of hydrogen-bond acceptors (Lipinski definition) is 4. The van der Waals surface area contributed by atoms with E-state index >= 15 is 0 Å². The minimum atomic E-state index is -0.0959. The molecule has 0 bridgehead atoms. The molecule has 1 saturated heterocycles. The smallest absolute Gasteiger partial charge is 0.237 e. The molecule has 1 aromatic rings. The van der Waals surface area contributed by atoms with E-state index in [0.29, 0.717) is 12.6 Å². The Bertz CT molecular complexity index is 708. The topological polar surface area (TPSA) is 64.7 Å². The third-order valence-electron chi connectivity index (χ3n) is 6.03. The lowest BCUT2D eigenvalue weighted by Crippen LogP contribution is -2.55. The SMILES string of the molecule is Cc1ccc(C(C)NC(=O)CN2CCN(C(C)C(=O)NC3CC3)CC2)cc1C. The number of aryl methyl sites for hydroxylation is 2. The minimum absolute atomic E-state index is 0.000712. The molecule has 28 heavy (non-hydrogen) atoms. The van der Waals surface area contributed by atoms with Gasteiger partial charge >= 0.3 is 0 Å². The molecule has 2 atom stereocenters. The van der Waals surface area contributed by atoms with E-state index < -0.39 is 0 Å². The Hall–Kier alpha value is -1.92. The third-order valence-corrected chi connectivity index (χ3v) is 6.03. The summed E-state index contributed by atoms with van der Waals surface area (Å²) < 4.78 is 0. The second-order valence-corrected chi connectivity index (χ2v) is 8.40. The summed E-state index contributed by atoms with van der Waals surface area (Å²) in [5.74, 6) is 0.189. The highest BCUT2D eigenvalue weighted by Crippen LogP contribution is 2.19. The van der Waals surface area contributed by atoms with Gasteiger partial charge in [0.1, 0.15) is 0 Å². The summed E-state index contributed by atoms with van der Waals surface area (Å²) in [6, 6.07) is 6.64. The summed E-state index contributed by atoms with van der Waals surface area (Å²) in [5, 5.41) is 6.19. The number of benzene rings is 1. The van der Waals surface area contributed by atoms with Gasteiger partial charge in [0.2, 0.25) is 11.8 Å². The summed E-state index contributed by atoms with van der Waals surface area (Å²) in [5.41, 5.74) is 3.64. The molecule has 6 heteroatoms. The number of carbonyl (C=O) groups excluding carboxylic acids is 2. The van der Waals surface area contributed by atoms with Crippen LogP contribution < -0.4 is 10.6 Å². The first-order chi connectivity index (χ1) is 13.3. The maximum Gasteiger partial charge on any atom is 0.237 e. The van der Waals surface area contributed by atoms with E-state index in [9.17, 15) is 9.59 Å². The van der Waals surface area contributed by atoms with Crippen LogP contribution in [0.15, 0.2) is 18.2 Å². The lowest BCUT2D eigenvalue weighted by molar-refractivity contribution is -0.128. The van der Waals surface area contributed by atoms with Gasteiger partial charge in [0, 0.05) is 32.2 Å². The molecule has 2 amide bonds. The second kappa shape index (κ2) is 9.05. The Labute approximate surface area is 168 Å². The number of hydrogen-bond donors (Lipinski definition) is 2. The highest BCUT2D eigenvalue weighted by molar-refractivity contribution is 5.82. The van der Waals surface area contributed by atoms with Crippen LogP contribution in [0.4, 0.5) is 0 Å². The van der Waals surface area contributed by atoms with Crippen molar-refractivity contribution in [2.45, 2.75) is 58.7 Å². The molecule has 0 radical (unpaired) electrons. The van der Waals surface area contributed by atoms with Crippen molar-refractivity contribution in [1.29, 1.82) is 0 Å². The van der Waals surface area contributed by atoms with E-state index in [1.807, 2.05) is 13.8 Å². The number of amides is 2. The van der Waals surface area contributed by atoms with Crippen molar-refractivity contribution >= 4 is 11.8 Å². The average Bonchev–Trinajstić information content (AvgIpc) is 3.47. The van der Waals surface area contributed by atoms with Crippen molar-refractivity contribution in [1.82, 2.24) is 20.4 Å². The lowest BCUT2D eigenvalue weighted by Gasteiger charge is -2.37. The van der Waals surface area contributed by atoms with Gasteiger partial charge in [0.05, 0.1) is 18.6 Å². The Morgan fingerprint density at radius 2 is 1.75 bits per heavy atom. The molecule has 1 aromatic carbocycles. The van der Waals surface area contributed by atoms with Crippen LogP contribution in [0.5, 0.6) is 0 Å². The van der Waals surface area contributed by atoms with Gasteiger partial charge in [-0.15, -0.1) is 0 Å². The van der Waals surface area contributed by atoms with Crippen molar-refractivity contribution in [2.24, 2.45) is 0 Å². The van der Waals surface area contributed by atoms with Gasteiger partial charge in [-0.1, -0.05) is 18.2 Å². The summed E-state index contributed by atoms with van der Waals surface area (Å²) in [4.78, 5) is 29.1. The van der Waals surface area contributed by atoms with Crippen LogP contribution in [0.25, 0.3) is 0 Å². The predicted octanol–water partition coefficient (Wildman–Crippen LogP) is 1.77. The van der Waals surface area contributed by atoms with E-state index in [1.54, 1.807) is 0 Å². The molecule has 0 aromatic heterocycles. The third kappa shape index (κ3) is 5.55. The first-order valence-corrected chi connectivity index (χ1v) is 10.5. The maximum atomic E-state index is 12.5. The molecule has 154 valence electrons. The van der Waals surface area contributed by atoms with Crippen LogP contribution in [0.1, 0.15) is 49.4 Å². The molecular weight excluding hydrogens is 352 g/mol. The predicted molar refractivity (Wildman–Crippen MR) is 111 cm³/mol. The van der Waals surface area contributed by atoms with Gasteiger partial charge in [-0.05, 0) is 57.2 Å². The van der Waals surface area contributed by atoms with Crippen LogP contribution in [0.2, 0.25) is 0 Å². The fourth-order valence-electron chi connectivity index (χ4n) is 3.63. The fraction of sp³-hybridized carbons (Fsp3) is 0.636. The molecule has 0 spiro atoms. The van der Waals surface area contributed by atoms with Gasteiger partial charge in [0.15, 0.2) is 0 Å². The van der Waals surface area contributed by atoms with Gasteiger partial charge < -0.3 is 10.6 Å². The Kier molecular flexibility index (Phi) is 6.73. The van der Waals surface area contributed by atoms with Crippen molar-refractivity contribution in [2.75, 3.05) is 32.7 Å². The van der Waals surface area contributed by atoms with Gasteiger partial charge in [-0.2, -0.15) is 0 Å². The van der Waals surface area contributed by atoms with Crippen LogP contribution in [0.3, 0.4) is 0 Å². The zero-order chi connectivity index (χ0) is 20.3. The quantitative estimate of drug-likeness (QED) is 0.750. The highest BCUT2D eigenvalue weighted by Gasteiger charge is 2.30. The van der Waals surface area contributed by atoms with Crippen molar-refractivity contribution < 1.29 is 9.59 Å². The largest absolute Gasteiger partial charge is 0.352 e. The first kappa shape index (κ1) is 20.8. The monoisotopic (exact) mass is 386 g/mol. The molecule has 1 aliphatic heterocycles. The molecule has 1 saturated carbocycles. The highest BCUT2D eigenvalue weighted by atomic mass is 16.2. The zero-order valence-corrected chi connectivity index (χ0v) is 17.6. The van der Waals surface area contributed by atoms with E-state index in [1.165, 1.54) is 11.1 Å². The normalized spacial score (nSPS) is 20.4. The molecule has 1 aliphatic carbocycles. The number of nitrogens with zero attached hydrogens (tertiary/aromatic N) is 2. The minimum Gasteiger partial charge on any atom is -0.352 e. The Morgan fingerprint density at radius 3 is 2.36 bits per heavy atom. The number of carbonyl (C=O) groups is 2. The van der Waals surface area contributed by atoms with Gasteiger partial charge in [-0.25, -0.2) is 0 Å². The van der Waals surface area contributed by atoms with Crippen molar-refractivity contribution in [3.63, 3.8) is 0 Å². The molecule has 2 aliphatic rings. The number of nitrogens with one attached hydrogen (secondary N) is 2. The van der Waals surface area contributed by atoms with Crippen molar-refractivity contribution in [3.8, 4) is 0 Å². The zero-order valence-electron chi connectivity index (χ0n) is 17.6. The van der Waals surface area contributed by atoms with Gasteiger partial charge in [-0.3, -0.25) is 19.4 Å². The molecule has 2 N–H and O–H groups in total. The van der Waals surface area contributed by atoms with Crippen LogP contribution >= 0.6 is 0 Å². The summed E-state index contributed by atoms with van der Waals surface area (Å²) in [7, 11) is 0. The summed E-state index contributed by atoms with van der Waals surface area (Å²) >= 11 is 0. The lowest BCUT2D eigenvalue weighted by atomic mass is 10.0. The second-order valence-electron chi connectivity index (χ2n) is 8.40. The Morgan fingerprint density at radius 1 is 1.07 bits per heavy atom. The first-order valence-electron chi connectivity index (χ1n) is 10.5. The number of rotatable bonds is 7. The fourth-order valence-corrected chi connectivity index (χ4v) is 3.63. The molecular formula is C22H34N4O2. The standard InChI is InChI=1S/C22H34N4O2/c1-15-5-6-19(13-16(15)2)17(3)23-21(27)14-25-9-11-26(12-10-25)18(4)22(28)24-20-7-8-20/h5-6,13,17-18,20H,7-12,14H2,1-4H3,(H,23,27)(H,24,28). The van der Waals surface area contributed by atoms with E-state index in [-0.39, 0.29) is 23.9 Å². The molecule has 2 unspecified atom stereocenters. The Balaban J connectivity index is 1.41. The van der Waals surface area contributed by atoms with Crippen molar-refractivity contribution in [3.05, 3.63) is 34.9 Å². The van der Waals surface area contributed by atoms with E-state index in [4.69, 9.17) is 0 Å². The molecule has 3 rings (SSSR count).